The summed E-state index contributed by atoms with van der Waals surface area (Å²) in [7, 11) is 1.69. The Balaban J connectivity index is 1.51. The molecule has 1 unspecified atom stereocenters. The molecule has 3 N–H and O–H groups in total. The Kier molecular flexibility index (Phi) is 8.09. The maximum Gasteiger partial charge on any atom is 0.254 e. The van der Waals surface area contributed by atoms with Crippen molar-refractivity contribution in [3.63, 3.8) is 0 Å². The van der Waals surface area contributed by atoms with Gasteiger partial charge in [-0.05, 0) is 37.6 Å². The van der Waals surface area contributed by atoms with E-state index in [1.165, 1.54) is 12.1 Å². The number of ether oxygens (including phenoxy) is 1. The summed E-state index contributed by atoms with van der Waals surface area (Å²) < 4.78 is 19.2. The molecule has 1 amide bonds. The van der Waals surface area contributed by atoms with Crippen LogP contribution in [-0.2, 0) is 0 Å². The number of halogens is 1. The quantitative estimate of drug-likeness (QED) is 0.343. The fourth-order valence-electron chi connectivity index (χ4n) is 3.58. The van der Waals surface area contributed by atoms with E-state index in [-0.39, 0.29) is 11.6 Å². The third kappa shape index (κ3) is 6.10. The van der Waals surface area contributed by atoms with Gasteiger partial charge in [-0.2, -0.15) is 0 Å². The average molecular weight is 428 g/mol. The van der Waals surface area contributed by atoms with Crippen molar-refractivity contribution in [3.8, 4) is 5.75 Å². The van der Waals surface area contributed by atoms with E-state index in [9.17, 15) is 9.18 Å². The molecule has 0 spiro atoms. The number of amides is 1. The summed E-state index contributed by atoms with van der Waals surface area (Å²) in [6.45, 7) is 5.22. The molecule has 1 atom stereocenters. The number of carbonyl (C=O) groups excluding carboxylic acids is 1. The number of benzene rings is 2. The molecule has 166 valence electrons. The van der Waals surface area contributed by atoms with Crippen LogP contribution in [0.15, 0.2) is 53.5 Å². The summed E-state index contributed by atoms with van der Waals surface area (Å²) in [5.74, 6) is 0.609. The Labute approximate surface area is 182 Å². The van der Waals surface area contributed by atoms with E-state index in [4.69, 9.17) is 4.74 Å². The first kappa shape index (κ1) is 22.4. The lowest BCUT2D eigenvalue weighted by atomic mass is 10.2. The van der Waals surface area contributed by atoms with Gasteiger partial charge in [0.25, 0.3) is 5.91 Å². The van der Waals surface area contributed by atoms with E-state index in [1.54, 1.807) is 19.2 Å². The van der Waals surface area contributed by atoms with Crippen LogP contribution in [0, 0.1) is 5.82 Å². The Hall–Kier alpha value is -3.29. The molecular weight excluding hydrogens is 397 g/mol. The molecule has 2 aromatic rings. The Morgan fingerprint density at radius 2 is 1.97 bits per heavy atom. The lowest BCUT2D eigenvalue weighted by molar-refractivity contribution is 0.0951. The molecule has 0 saturated carbocycles. The van der Waals surface area contributed by atoms with Crippen LogP contribution in [0.4, 0.5) is 10.1 Å². The van der Waals surface area contributed by atoms with Crippen molar-refractivity contribution in [1.82, 2.24) is 16.0 Å². The number of rotatable bonds is 8. The average Bonchev–Trinajstić information content (AvgIpc) is 3.25. The molecule has 0 bridgehead atoms. The molecule has 1 aliphatic rings. The van der Waals surface area contributed by atoms with Crippen molar-refractivity contribution in [2.75, 3.05) is 44.7 Å². The zero-order valence-corrected chi connectivity index (χ0v) is 18.0. The number of methoxy groups -OCH3 is 1. The van der Waals surface area contributed by atoms with E-state index in [0.29, 0.717) is 19.0 Å². The SMILES string of the molecule is CCNC(=NCCNC(=O)c1ccccc1F)NC1CCN(c2ccccc2OC)C1. The molecule has 1 heterocycles. The largest absolute Gasteiger partial charge is 0.495 e. The van der Waals surface area contributed by atoms with Gasteiger partial charge >= 0.3 is 0 Å². The second-order valence-corrected chi connectivity index (χ2v) is 7.24. The number of hydrogen-bond donors (Lipinski definition) is 3. The number of nitrogens with zero attached hydrogens (tertiary/aromatic N) is 2. The van der Waals surface area contributed by atoms with Crippen molar-refractivity contribution in [3.05, 3.63) is 59.9 Å². The van der Waals surface area contributed by atoms with Crippen LogP contribution in [0.1, 0.15) is 23.7 Å². The van der Waals surface area contributed by atoms with Crippen molar-refractivity contribution in [1.29, 1.82) is 0 Å². The molecule has 1 fully saturated rings. The van der Waals surface area contributed by atoms with Crippen LogP contribution in [0.3, 0.4) is 0 Å². The Morgan fingerprint density at radius 3 is 2.74 bits per heavy atom. The standard InChI is InChI=1S/C23H30FN5O2/c1-3-25-23(27-14-13-26-22(30)18-8-4-5-9-19(18)24)28-17-12-15-29(16-17)20-10-6-7-11-21(20)31-2/h4-11,17H,3,12-16H2,1-2H3,(H,26,30)(H2,25,27,28). The molecule has 0 aliphatic carbocycles. The molecule has 8 heteroatoms. The van der Waals surface area contributed by atoms with Crippen molar-refractivity contribution >= 4 is 17.6 Å². The van der Waals surface area contributed by atoms with Crippen molar-refractivity contribution < 1.29 is 13.9 Å². The van der Waals surface area contributed by atoms with Crippen LogP contribution < -0.4 is 25.6 Å². The number of carbonyl (C=O) groups is 1. The molecule has 7 nitrogen and oxygen atoms in total. The number of anilines is 1. The highest BCUT2D eigenvalue weighted by molar-refractivity contribution is 5.94. The van der Waals surface area contributed by atoms with E-state index >= 15 is 0 Å². The zero-order valence-electron chi connectivity index (χ0n) is 18.0. The van der Waals surface area contributed by atoms with Gasteiger partial charge < -0.3 is 25.6 Å². The van der Waals surface area contributed by atoms with Gasteiger partial charge in [0.1, 0.15) is 11.6 Å². The van der Waals surface area contributed by atoms with Crippen molar-refractivity contribution in [2.45, 2.75) is 19.4 Å². The van der Waals surface area contributed by atoms with Gasteiger partial charge in [0.05, 0.1) is 24.9 Å². The highest BCUT2D eigenvalue weighted by Gasteiger charge is 2.25. The number of nitrogens with one attached hydrogen (secondary N) is 3. The van der Waals surface area contributed by atoms with Gasteiger partial charge in [-0.1, -0.05) is 24.3 Å². The first-order valence-corrected chi connectivity index (χ1v) is 10.6. The molecule has 2 aromatic carbocycles. The molecule has 0 aromatic heterocycles. The topological polar surface area (TPSA) is 78.0 Å². The lowest BCUT2D eigenvalue weighted by Crippen LogP contribution is -2.45. The van der Waals surface area contributed by atoms with Gasteiger partial charge in [0, 0.05) is 32.2 Å². The third-order valence-electron chi connectivity index (χ3n) is 5.08. The van der Waals surface area contributed by atoms with Crippen LogP contribution >= 0.6 is 0 Å². The summed E-state index contributed by atoms with van der Waals surface area (Å²) in [6.07, 6.45) is 0.979. The van der Waals surface area contributed by atoms with Crippen molar-refractivity contribution in [2.24, 2.45) is 4.99 Å². The predicted octanol–water partition coefficient (Wildman–Crippen LogP) is 2.40. The number of para-hydroxylation sites is 2. The summed E-state index contributed by atoms with van der Waals surface area (Å²) in [6, 6.07) is 14.2. The van der Waals surface area contributed by atoms with Gasteiger partial charge in [0.2, 0.25) is 0 Å². The van der Waals surface area contributed by atoms with Gasteiger partial charge in [-0.25, -0.2) is 4.39 Å². The number of guanidine groups is 1. The molecule has 0 radical (unpaired) electrons. The highest BCUT2D eigenvalue weighted by atomic mass is 19.1. The predicted molar refractivity (Wildman–Crippen MR) is 121 cm³/mol. The van der Waals surface area contributed by atoms with E-state index in [2.05, 4.69) is 31.9 Å². The van der Waals surface area contributed by atoms with Gasteiger partial charge in [0.15, 0.2) is 5.96 Å². The van der Waals surface area contributed by atoms with Gasteiger partial charge in [-0.3, -0.25) is 9.79 Å². The van der Waals surface area contributed by atoms with Crippen LogP contribution in [0.25, 0.3) is 0 Å². The Bertz CT molecular complexity index is 905. The smallest absolute Gasteiger partial charge is 0.254 e. The van der Waals surface area contributed by atoms with E-state index in [1.807, 2.05) is 25.1 Å². The lowest BCUT2D eigenvalue weighted by Gasteiger charge is -2.22. The van der Waals surface area contributed by atoms with Crippen LogP contribution in [0.5, 0.6) is 5.75 Å². The molecule has 31 heavy (non-hydrogen) atoms. The Morgan fingerprint density at radius 1 is 1.19 bits per heavy atom. The third-order valence-corrected chi connectivity index (χ3v) is 5.08. The zero-order chi connectivity index (χ0) is 22.1. The minimum Gasteiger partial charge on any atom is -0.495 e. The second kappa shape index (κ2) is 11.2. The first-order chi connectivity index (χ1) is 15.1. The first-order valence-electron chi connectivity index (χ1n) is 10.6. The maximum atomic E-state index is 13.7. The summed E-state index contributed by atoms with van der Waals surface area (Å²) in [4.78, 5) is 18.9. The normalized spacial score (nSPS) is 16.2. The maximum absolute atomic E-state index is 13.7. The fourth-order valence-corrected chi connectivity index (χ4v) is 3.58. The summed E-state index contributed by atoms with van der Waals surface area (Å²) >= 11 is 0. The minimum absolute atomic E-state index is 0.0406. The monoisotopic (exact) mass is 427 g/mol. The van der Waals surface area contributed by atoms with Gasteiger partial charge in [-0.15, -0.1) is 0 Å². The fraction of sp³-hybridized carbons (Fsp3) is 0.391. The van der Waals surface area contributed by atoms with E-state index < -0.39 is 11.7 Å². The minimum atomic E-state index is -0.528. The second-order valence-electron chi connectivity index (χ2n) is 7.24. The number of aliphatic imine (C=N–C) groups is 1. The molecule has 3 rings (SSSR count). The molecular formula is C23H30FN5O2. The molecule has 1 saturated heterocycles. The van der Waals surface area contributed by atoms with Crippen LogP contribution in [0.2, 0.25) is 0 Å². The molecule has 1 aliphatic heterocycles. The summed E-state index contributed by atoms with van der Waals surface area (Å²) in [5, 5.41) is 9.41. The summed E-state index contributed by atoms with van der Waals surface area (Å²) in [5.41, 5.74) is 1.13. The highest BCUT2D eigenvalue weighted by Crippen LogP contribution is 2.30. The van der Waals surface area contributed by atoms with E-state index in [0.717, 1.165) is 37.5 Å². The number of hydrogen-bond acceptors (Lipinski definition) is 4. The van der Waals surface area contributed by atoms with Crippen LogP contribution in [-0.4, -0.2) is 57.7 Å².